The van der Waals surface area contributed by atoms with Crippen molar-refractivity contribution in [1.29, 1.82) is 0 Å². The zero-order valence-electron chi connectivity index (χ0n) is 16.8. The molecule has 0 saturated carbocycles. The number of esters is 1. The second kappa shape index (κ2) is 10.3. The maximum absolute atomic E-state index is 12.6. The maximum Gasteiger partial charge on any atom is 0.408 e. The van der Waals surface area contributed by atoms with Crippen molar-refractivity contribution in [3.63, 3.8) is 0 Å². The van der Waals surface area contributed by atoms with Crippen molar-refractivity contribution >= 4 is 18.0 Å². The highest BCUT2D eigenvalue weighted by atomic mass is 16.6. The van der Waals surface area contributed by atoms with Crippen LogP contribution in [0.5, 0.6) is 0 Å². The van der Waals surface area contributed by atoms with E-state index in [0.717, 1.165) is 0 Å². The molecule has 0 heterocycles. The molecule has 25 heavy (non-hydrogen) atoms. The molecule has 0 aromatic carbocycles. The number of ether oxygens (including phenoxy) is 2. The summed E-state index contributed by atoms with van der Waals surface area (Å²) in [5.41, 5.74) is -0.660. The predicted molar refractivity (Wildman–Crippen MR) is 96.0 cm³/mol. The average molecular weight is 358 g/mol. The minimum absolute atomic E-state index is 0.172. The quantitative estimate of drug-likeness (QED) is 0.651. The van der Waals surface area contributed by atoms with Crippen LogP contribution in [0.1, 0.15) is 61.8 Å². The van der Waals surface area contributed by atoms with E-state index in [1.807, 2.05) is 27.7 Å². The van der Waals surface area contributed by atoms with Crippen molar-refractivity contribution < 1.29 is 23.9 Å². The van der Waals surface area contributed by atoms with E-state index in [-0.39, 0.29) is 18.4 Å². The molecule has 7 nitrogen and oxygen atoms in total. The molecule has 0 spiro atoms. The van der Waals surface area contributed by atoms with Gasteiger partial charge in [-0.15, -0.1) is 0 Å². The highest BCUT2D eigenvalue weighted by Crippen LogP contribution is 2.11. The molecular formula is C18H34N2O5. The number of amides is 2. The van der Waals surface area contributed by atoms with Gasteiger partial charge in [0.25, 0.3) is 0 Å². The first-order chi connectivity index (χ1) is 11.4. The van der Waals surface area contributed by atoms with Crippen LogP contribution >= 0.6 is 0 Å². The van der Waals surface area contributed by atoms with Crippen LogP contribution in [0.25, 0.3) is 0 Å². The van der Waals surface area contributed by atoms with E-state index in [1.54, 1.807) is 27.7 Å². The normalized spacial score (nSPS) is 14.0. The van der Waals surface area contributed by atoms with Crippen molar-refractivity contribution in [2.45, 2.75) is 79.5 Å². The van der Waals surface area contributed by atoms with Crippen LogP contribution in [-0.2, 0) is 19.1 Å². The second-order valence-corrected chi connectivity index (χ2v) is 7.81. The Morgan fingerprint density at radius 2 is 1.56 bits per heavy atom. The summed E-state index contributed by atoms with van der Waals surface area (Å²) in [6, 6.07) is -1.55. The fraction of sp³-hybridized carbons (Fsp3) is 0.833. The number of hydrogen-bond acceptors (Lipinski definition) is 5. The average Bonchev–Trinajstić information content (AvgIpc) is 2.41. The highest BCUT2D eigenvalue weighted by Gasteiger charge is 2.31. The molecule has 0 bridgehead atoms. The van der Waals surface area contributed by atoms with Gasteiger partial charge in [0.05, 0.1) is 6.61 Å². The van der Waals surface area contributed by atoms with E-state index in [2.05, 4.69) is 10.6 Å². The first kappa shape index (κ1) is 23.2. The maximum atomic E-state index is 12.6. The summed E-state index contributed by atoms with van der Waals surface area (Å²) in [4.78, 5) is 36.6. The summed E-state index contributed by atoms with van der Waals surface area (Å²) in [6.07, 6.45) is -0.208. The summed E-state index contributed by atoms with van der Waals surface area (Å²) in [7, 11) is 0. The smallest absolute Gasteiger partial charge is 0.408 e. The van der Waals surface area contributed by atoms with E-state index >= 15 is 0 Å². The number of carbonyl (C=O) groups excluding carboxylic acids is 3. The van der Waals surface area contributed by atoms with Gasteiger partial charge in [0.15, 0.2) is 0 Å². The van der Waals surface area contributed by atoms with Crippen molar-refractivity contribution in [3.8, 4) is 0 Å². The lowest BCUT2D eigenvalue weighted by molar-refractivity contribution is -0.148. The van der Waals surface area contributed by atoms with Crippen LogP contribution in [0.3, 0.4) is 0 Å². The van der Waals surface area contributed by atoms with Crippen molar-refractivity contribution in [1.82, 2.24) is 10.6 Å². The Morgan fingerprint density at radius 3 is 1.96 bits per heavy atom. The van der Waals surface area contributed by atoms with Gasteiger partial charge in [-0.25, -0.2) is 9.59 Å². The molecule has 0 fully saturated rings. The SMILES string of the molecule is CCOC(=O)[C@H](CC(C)C)NC(=O)[C@@H](NC(=O)OC(C)(C)C)C(C)C. The summed E-state index contributed by atoms with van der Waals surface area (Å²) in [5, 5.41) is 5.28. The second-order valence-electron chi connectivity index (χ2n) is 7.81. The third-order valence-corrected chi connectivity index (χ3v) is 3.22. The van der Waals surface area contributed by atoms with Gasteiger partial charge in [-0.3, -0.25) is 4.79 Å². The van der Waals surface area contributed by atoms with Gasteiger partial charge in [-0.05, 0) is 46.0 Å². The van der Waals surface area contributed by atoms with Gasteiger partial charge in [0.2, 0.25) is 5.91 Å². The van der Waals surface area contributed by atoms with Gasteiger partial charge in [0, 0.05) is 0 Å². The van der Waals surface area contributed by atoms with Gasteiger partial charge >= 0.3 is 12.1 Å². The van der Waals surface area contributed by atoms with Gasteiger partial charge < -0.3 is 20.1 Å². The molecule has 0 unspecified atom stereocenters. The van der Waals surface area contributed by atoms with Gasteiger partial charge in [-0.2, -0.15) is 0 Å². The van der Waals surface area contributed by atoms with Crippen LogP contribution in [-0.4, -0.2) is 42.3 Å². The van der Waals surface area contributed by atoms with Crippen LogP contribution < -0.4 is 10.6 Å². The Kier molecular flexibility index (Phi) is 9.52. The predicted octanol–water partition coefficient (Wildman–Crippen LogP) is 2.63. The lowest BCUT2D eigenvalue weighted by Gasteiger charge is -2.27. The molecule has 2 amide bonds. The monoisotopic (exact) mass is 358 g/mol. The largest absolute Gasteiger partial charge is 0.464 e. The summed E-state index contributed by atoms with van der Waals surface area (Å²) >= 11 is 0. The molecule has 0 aliphatic heterocycles. The first-order valence-corrected chi connectivity index (χ1v) is 8.83. The Balaban J connectivity index is 5.05. The third kappa shape index (κ3) is 9.94. The Morgan fingerprint density at radius 1 is 1.00 bits per heavy atom. The molecule has 0 aliphatic carbocycles. The highest BCUT2D eigenvalue weighted by molar-refractivity contribution is 5.89. The number of nitrogens with one attached hydrogen (secondary N) is 2. The molecular weight excluding hydrogens is 324 g/mol. The van der Waals surface area contributed by atoms with E-state index < -0.39 is 35.7 Å². The van der Waals surface area contributed by atoms with E-state index in [4.69, 9.17) is 9.47 Å². The minimum Gasteiger partial charge on any atom is -0.464 e. The zero-order valence-corrected chi connectivity index (χ0v) is 16.8. The minimum atomic E-state index is -0.807. The van der Waals surface area contributed by atoms with Crippen molar-refractivity contribution in [2.24, 2.45) is 11.8 Å². The number of hydrogen-bond donors (Lipinski definition) is 2. The Hall–Kier alpha value is -1.79. The van der Waals surface area contributed by atoms with E-state index in [1.165, 1.54) is 0 Å². The van der Waals surface area contributed by atoms with E-state index in [0.29, 0.717) is 6.42 Å². The topological polar surface area (TPSA) is 93.7 Å². The summed E-state index contributed by atoms with van der Waals surface area (Å²) < 4.78 is 10.2. The van der Waals surface area contributed by atoms with Gasteiger partial charge in [-0.1, -0.05) is 27.7 Å². The molecule has 2 atom stereocenters. The molecule has 146 valence electrons. The molecule has 0 radical (unpaired) electrons. The number of alkyl carbamates (subject to hydrolysis) is 1. The molecule has 0 rings (SSSR count). The van der Waals surface area contributed by atoms with E-state index in [9.17, 15) is 14.4 Å². The standard InChI is InChI=1S/C18H34N2O5/c1-9-24-16(22)13(10-11(2)3)19-15(21)14(12(4)5)20-17(23)25-18(6,7)8/h11-14H,9-10H2,1-8H3,(H,19,21)(H,20,23)/t13-,14-/m0/s1. The molecule has 0 saturated heterocycles. The molecule has 0 aromatic rings. The molecule has 0 aromatic heterocycles. The molecule has 7 heteroatoms. The fourth-order valence-corrected chi connectivity index (χ4v) is 2.16. The van der Waals surface area contributed by atoms with Gasteiger partial charge in [0.1, 0.15) is 17.7 Å². The number of rotatable bonds is 8. The lowest BCUT2D eigenvalue weighted by Crippen LogP contribution is -2.54. The van der Waals surface area contributed by atoms with Crippen LogP contribution in [0.2, 0.25) is 0 Å². The Bertz CT molecular complexity index is 455. The molecule has 2 N–H and O–H groups in total. The van der Waals surface area contributed by atoms with Crippen molar-refractivity contribution in [2.75, 3.05) is 6.61 Å². The fourth-order valence-electron chi connectivity index (χ4n) is 2.16. The lowest BCUT2D eigenvalue weighted by atomic mass is 10.0. The van der Waals surface area contributed by atoms with Crippen molar-refractivity contribution in [3.05, 3.63) is 0 Å². The Labute approximate surface area is 151 Å². The van der Waals surface area contributed by atoms with Crippen LogP contribution in [0.15, 0.2) is 0 Å². The first-order valence-electron chi connectivity index (χ1n) is 8.83. The summed E-state index contributed by atoms with van der Waals surface area (Å²) in [5.74, 6) is -0.871. The van der Waals surface area contributed by atoms with Crippen LogP contribution in [0, 0.1) is 11.8 Å². The van der Waals surface area contributed by atoms with Crippen LogP contribution in [0.4, 0.5) is 4.79 Å². The molecule has 0 aliphatic rings. The number of carbonyl (C=O) groups is 3. The third-order valence-electron chi connectivity index (χ3n) is 3.22. The summed E-state index contributed by atoms with van der Waals surface area (Å²) in [6.45, 7) is 14.7. The zero-order chi connectivity index (χ0) is 19.8.